The molecule has 0 aliphatic heterocycles. The van der Waals surface area contributed by atoms with Crippen molar-refractivity contribution >= 4 is 26.9 Å². The molecule has 17 heavy (non-hydrogen) atoms. The Bertz CT molecular complexity index is 372. The van der Waals surface area contributed by atoms with Gasteiger partial charge < -0.3 is 8.99 Å². The first kappa shape index (κ1) is 14.6. The van der Waals surface area contributed by atoms with Gasteiger partial charge in [0.2, 0.25) is 8.32 Å². The quantitative estimate of drug-likeness (QED) is 0.770. The summed E-state index contributed by atoms with van der Waals surface area (Å²) in [7, 11) is 3.07. The second kappa shape index (κ2) is 5.06. The van der Waals surface area contributed by atoms with Gasteiger partial charge in [-0.2, -0.15) is 0 Å². The van der Waals surface area contributed by atoms with Gasteiger partial charge in [-0.3, -0.25) is 0 Å². The lowest BCUT2D eigenvalue weighted by atomic mass is 10.4. The minimum atomic E-state index is -1.66. The molecule has 1 aromatic carbocycles. The maximum absolute atomic E-state index is 5.64. The molecule has 0 bridgehead atoms. The smallest absolute Gasteiger partial charge is 0.217 e. The third-order valence-electron chi connectivity index (χ3n) is 3.91. The first-order chi connectivity index (χ1) is 7.71. The fraction of sp³-hybridized carbons (Fsp3) is 0.538. The van der Waals surface area contributed by atoms with Crippen LogP contribution in [0.3, 0.4) is 0 Å². The molecule has 0 radical (unpaired) electrons. The standard InChI is InChI=1S/C13H25NOSi2/c1-14(2)16(4,5)12-8-10-13(11-9-12)17(6,7)15-3/h8-11H,1-7H3. The molecule has 0 aliphatic rings. The van der Waals surface area contributed by atoms with E-state index in [0.29, 0.717) is 0 Å². The van der Waals surface area contributed by atoms with Crippen molar-refractivity contribution in [1.82, 2.24) is 4.57 Å². The Labute approximate surface area is 108 Å². The second-order valence-electron chi connectivity index (χ2n) is 5.75. The maximum Gasteiger partial charge on any atom is 0.217 e. The number of nitrogens with zero attached hydrogens (tertiary/aromatic N) is 1. The third kappa shape index (κ3) is 3.07. The molecular weight excluding hydrogens is 242 g/mol. The lowest BCUT2D eigenvalue weighted by Crippen LogP contribution is -2.55. The minimum absolute atomic E-state index is 1.37. The molecule has 0 saturated heterocycles. The summed E-state index contributed by atoms with van der Waals surface area (Å²) in [5.74, 6) is 0. The van der Waals surface area contributed by atoms with Gasteiger partial charge in [0, 0.05) is 7.11 Å². The van der Waals surface area contributed by atoms with E-state index in [0.717, 1.165) is 0 Å². The van der Waals surface area contributed by atoms with Gasteiger partial charge in [0.1, 0.15) is 0 Å². The topological polar surface area (TPSA) is 12.5 Å². The number of hydrogen-bond donors (Lipinski definition) is 0. The van der Waals surface area contributed by atoms with Gasteiger partial charge >= 0.3 is 0 Å². The first-order valence-electron chi connectivity index (χ1n) is 6.05. The molecule has 0 aromatic heterocycles. The van der Waals surface area contributed by atoms with E-state index in [1.54, 1.807) is 0 Å². The Morgan fingerprint density at radius 3 is 1.65 bits per heavy atom. The fourth-order valence-electron chi connectivity index (χ4n) is 1.66. The summed E-state index contributed by atoms with van der Waals surface area (Å²) in [6, 6.07) is 9.08. The summed E-state index contributed by atoms with van der Waals surface area (Å²) in [6.45, 7) is 9.22. The zero-order chi connectivity index (χ0) is 13.3. The molecule has 0 atom stereocenters. The van der Waals surface area contributed by atoms with Crippen molar-refractivity contribution in [3.8, 4) is 0 Å². The molecule has 0 fully saturated rings. The molecule has 0 unspecified atom stereocenters. The Kier molecular flexibility index (Phi) is 4.35. The molecule has 0 aliphatic carbocycles. The summed E-state index contributed by atoms with van der Waals surface area (Å²) in [4.78, 5) is 0. The van der Waals surface area contributed by atoms with Crippen LogP contribution in [0, 0.1) is 0 Å². The Balaban J connectivity index is 3.04. The molecule has 0 amide bonds. The molecule has 1 rings (SSSR count). The van der Waals surface area contributed by atoms with Gasteiger partial charge in [-0.05, 0) is 37.6 Å². The Hall–Kier alpha value is -0.426. The van der Waals surface area contributed by atoms with Gasteiger partial charge in [0.25, 0.3) is 0 Å². The van der Waals surface area contributed by atoms with E-state index in [2.05, 4.69) is 69.1 Å². The van der Waals surface area contributed by atoms with Crippen LogP contribution in [0.4, 0.5) is 0 Å². The monoisotopic (exact) mass is 267 g/mol. The largest absolute Gasteiger partial charge is 0.416 e. The van der Waals surface area contributed by atoms with Crippen LogP contribution in [0.2, 0.25) is 26.2 Å². The summed E-state index contributed by atoms with van der Waals surface area (Å²) >= 11 is 0. The SMILES string of the molecule is CO[Si](C)(C)c1ccc([Si](C)(C)N(C)C)cc1. The Morgan fingerprint density at radius 2 is 1.29 bits per heavy atom. The predicted octanol–water partition coefficient (Wildman–Crippen LogP) is 1.72. The lowest BCUT2D eigenvalue weighted by Gasteiger charge is -2.31. The van der Waals surface area contributed by atoms with E-state index in [1.807, 2.05) is 7.11 Å². The minimum Gasteiger partial charge on any atom is -0.416 e. The molecule has 0 heterocycles. The van der Waals surface area contributed by atoms with Gasteiger partial charge in [-0.15, -0.1) is 0 Å². The van der Waals surface area contributed by atoms with Crippen molar-refractivity contribution in [2.75, 3.05) is 21.2 Å². The summed E-state index contributed by atoms with van der Waals surface area (Å²) in [5.41, 5.74) is 0. The van der Waals surface area contributed by atoms with Crippen LogP contribution in [0.25, 0.3) is 0 Å². The van der Waals surface area contributed by atoms with E-state index in [1.165, 1.54) is 10.4 Å². The van der Waals surface area contributed by atoms with Crippen molar-refractivity contribution < 1.29 is 4.43 Å². The highest BCUT2D eigenvalue weighted by Gasteiger charge is 2.28. The highest BCUT2D eigenvalue weighted by atomic mass is 28.4. The zero-order valence-corrected chi connectivity index (χ0v) is 14.2. The maximum atomic E-state index is 5.64. The van der Waals surface area contributed by atoms with Gasteiger partial charge in [0.15, 0.2) is 8.24 Å². The molecule has 96 valence electrons. The molecule has 2 nitrogen and oxygen atoms in total. The third-order valence-corrected chi connectivity index (χ3v) is 10.6. The molecule has 0 N–H and O–H groups in total. The van der Waals surface area contributed by atoms with Crippen LogP contribution in [0.15, 0.2) is 24.3 Å². The van der Waals surface area contributed by atoms with Gasteiger partial charge in [-0.25, -0.2) is 0 Å². The normalized spacial score (nSPS) is 13.2. The van der Waals surface area contributed by atoms with E-state index in [-0.39, 0.29) is 0 Å². The van der Waals surface area contributed by atoms with E-state index in [4.69, 9.17) is 4.43 Å². The molecule has 4 heteroatoms. The highest BCUT2D eigenvalue weighted by molar-refractivity contribution is 6.88. The van der Waals surface area contributed by atoms with Crippen molar-refractivity contribution in [2.24, 2.45) is 0 Å². The fourth-order valence-corrected chi connectivity index (χ4v) is 4.36. The summed E-state index contributed by atoms with van der Waals surface area (Å²) in [5, 5.41) is 2.85. The van der Waals surface area contributed by atoms with Gasteiger partial charge in [0.05, 0.1) is 0 Å². The molecular formula is C13H25NOSi2. The van der Waals surface area contributed by atoms with Crippen molar-refractivity contribution in [1.29, 1.82) is 0 Å². The number of hydrogen-bond acceptors (Lipinski definition) is 2. The van der Waals surface area contributed by atoms with Crippen LogP contribution in [0.5, 0.6) is 0 Å². The van der Waals surface area contributed by atoms with Gasteiger partial charge in [-0.1, -0.05) is 37.4 Å². The van der Waals surface area contributed by atoms with E-state index in [9.17, 15) is 0 Å². The van der Waals surface area contributed by atoms with Crippen LogP contribution in [0.1, 0.15) is 0 Å². The van der Waals surface area contributed by atoms with Crippen molar-refractivity contribution in [3.05, 3.63) is 24.3 Å². The molecule has 0 spiro atoms. The Morgan fingerprint density at radius 1 is 0.882 bits per heavy atom. The lowest BCUT2D eigenvalue weighted by molar-refractivity contribution is 0.416. The zero-order valence-electron chi connectivity index (χ0n) is 12.2. The van der Waals surface area contributed by atoms with Crippen LogP contribution in [-0.2, 0) is 4.43 Å². The average molecular weight is 268 g/mol. The molecule has 1 aromatic rings. The van der Waals surface area contributed by atoms with Crippen molar-refractivity contribution in [2.45, 2.75) is 26.2 Å². The summed E-state index contributed by atoms with van der Waals surface area (Å²) in [6.07, 6.45) is 0. The van der Waals surface area contributed by atoms with Crippen LogP contribution in [-0.4, -0.2) is 42.3 Å². The average Bonchev–Trinajstić information content (AvgIpc) is 2.29. The number of rotatable bonds is 4. The van der Waals surface area contributed by atoms with Crippen LogP contribution >= 0.6 is 0 Å². The first-order valence-corrected chi connectivity index (χ1v) is 11.9. The number of benzene rings is 1. The van der Waals surface area contributed by atoms with Crippen molar-refractivity contribution in [3.63, 3.8) is 0 Å². The van der Waals surface area contributed by atoms with E-state index >= 15 is 0 Å². The molecule has 0 saturated carbocycles. The predicted molar refractivity (Wildman–Crippen MR) is 81.4 cm³/mol. The van der Waals surface area contributed by atoms with Crippen LogP contribution < -0.4 is 10.4 Å². The summed E-state index contributed by atoms with van der Waals surface area (Å²) < 4.78 is 8.01. The second-order valence-corrected chi connectivity index (χ2v) is 14.3. The highest BCUT2D eigenvalue weighted by Crippen LogP contribution is 2.07. The van der Waals surface area contributed by atoms with E-state index < -0.39 is 16.6 Å².